The number of hydrogen-bond acceptors (Lipinski definition) is 2. The predicted molar refractivity (Wildman–Crippen MR) is 94.8 cm³/mol. The molecule has 21 heavy (non-hydrogen) atoms. The largest absolute Gasteiger partial charge is 0.316 e. The third kappa shape index (κ3) is 7.15. The van der Waals surface area contributed by atoms with E-state index in [4.69, 9.17) is 0 Å². The highest BCUT2D eigenvalue weighted by Gasteiger charge is 2.35. The van der Waals surface area contributed by atoms with Crippen molar-refractivity contribution in [1.29, 1.82) is 0 Å². The molecular formula is C19H40N2. The van der Waals surface area contributed by atoms with Crippen molar-refractivity contribution >= 4 is 0 Å². The van der Waals surface area contributed by atoms with Crippen LogP contribution in [-0.2, 0) is 0 Å². The van der Waals surface area contributed by atoms with Gasteiger partial charge >= 0.3 is 0 Å². The molecule has 126 valence electrons. The molecule has 1 rings (SSSR count). The summed E-state index contributed by atoms with van der Waals surface area (Å²) in [5.74, 6) is 1.70. The summed E-state index contributed by atoms with van der Waals surface area (Å²) < 4.78 is 0. The predicted octanol–water partition coefficient (Wildman–Crippen LogP) is 4.55. The summed E-state index contributed by atoms with van der Waals surface area (Å²) in [6.45, 7) is 17.9. The van der Waals surface area contributed by atoms with Crippen LogP contribution >= 0.6 is 0 Å². The van der Waals surface area contributed by atoms with Gasteiger partial charge in [0.1, 0.15) is 0 Å². The van der Waals surface area contributed by atoms with Crippen LogP contribution in [0.25, 0.3) is 0 Å². The topological polar surface area (TPSA) is 15.3 Å². The molecule has 0 unspecified atom stereocenters. The quantitative estimate of drug-likeness (QED) is 0.636. The highest BCUT2D eigenvalue weighted by atomic mass is 15.1. The first-order valence-electron chi connectivity index (χ1n) is 9.44. The van der Waals surface area contributed by atoms with E-state index in [1.807, 2.05) is 0 Å². The van der Waals surface area contributed by atoms with Crippen molar-refractivity contribution in [3.63, 3.8) is 0 Å². The second-order valence-corrected chi connectivity index (χ2v) is 7.98. The molecule has 0 atom stereocenters. The molecule has 0 aromatic rings. The van der Waals surface area contributed by atoms with E-state index in [9.17, 15) is 0 Å². The summed E-state index contributed by atoms with van der Waals surface area (Å²) in [6, 6.07) is 0. The minimum absolute atomic E-state index is 0.533. The fourth-order valence-electron chi connectivity index (χ4n) is 3.77. The first-order chi connectivity index (χ1) is 10.0. The van der Waals surface area contributed by atoms with Gasteiger partial charge in [0.15, 0.2) is 0 Å². The number of rotatable bonds is 10. The first kappa shape index (κ1) is 19.0. The molecule has 0 spiro atoms. The minimum Gasteiger partial charge on any atom is -0.316 e. The molecule has 0 saturated heterocycles. The molecule has 0 radical (unpaired) electrons. The molecule has 2 heteroatoms. The van der Waals surface area contributed by atoms with E-state index in [2.05, 4.69) is 44.8 Å². The van der Waals surface area contributed by atoms with E-state index < -0.39 is 0 Å². The van der Waals surface area contributed by atoms with Crippen LogP contribution in [0, 0.1) is 17.3 Å². The third-order valence-corrected chi connectivity index (χ3v) is 5.03. The second kappa shape index (κ2) is 9.84. The number of nitrogens with one attached hydrogen (secondary N) is 1. The summed E-state index contributed by atoms with van der Waals surface area (Å²) in [5, 5.41) is 3.77. The van der Waals surface area contributed by atoms with Crippen molar-refractivity contribution in [2.75, 3.05) is 32.7 Å². The Morgan fingerprint density at radius 2 is 1.67 bits per heavy atom. The van der Waals surface area contributed by atoms with Gasteiger partial charge in [0.05, 0.1) is 0 Å². The van der Waals surface area contributed by atoms with E-state index in [0.717, 1.165) is 11.8 Å². The summed E-state index contributed by atoms with van der Waals surface area (Å²) in [6.07, 6.45) is 8.26. The molecule has 1 N–H and O–H groups in total. The van der Waals surface area contributed by atoms with Crippen LogP contribution in [0.5, 0.6) is 0 Å². The standard InChI is InChI=1S/C19H40N2/c1-6-12-21(13-7-2)16-19(15-20-14-17(3)4)10-8-18(5)9-11-19/h17-18,20H,6-16H2,1-5H3. The SMILES string of the molecule is CCCN(CCC)CC1(CNCC(C)C)CCC(C)CC1. The van der Waals surface area contributed by atoms with Gasteiger partial charge in [-0.1, -0.05) is 47.5 Å². The highest BCUT2D eigenvalue weighted by molar-refractivity contribution is 4.89. The number of hydrogen-bond donors (Lipinski definition) is 1. The van der Waals surface area contributed by atoms with Gasteiger partial charge in [0, 0.05) is 13.1 Å². The first-order valence-corrected chi connectivity index (χ1v) is 9.44. The Bertz CT molecular complexity index is 248. The molecule has 0 aromatic heterocycles. The molecule has 1 saturated carbocycles. The molecule has 1 aliphatic carbocycles. The van der Waals surface area contributed by atoms with Gasteiger partial charge < -0.3 is 10.2 Å². The van der Waals surface area contributed by atoms with E-state index in [-0.39, 0.29) is 0 Å². The van der Waals surface area contributed by atoms with Gasteiger partial charge in [0.2, 0.25) is 0 Å². The van der Waals surface area contributed by atoms with Crippen molar-refractivity contribution in [3.05, 3.63) is 0 Å². The lowest BCUT2D eigenvalue weighted by atomic mass is 9.70. The maximum absolute atomic E-state index is 3.77. The maximum atomic E-state index is 3.77. The summed E-state index contributed by atoms with van der Waals surface area (Å²) >= 11 is 0. The van der Waals surface area contributed by atoms with E-state index in [1.54, 1.807) is 0 Å². The zero-order valence-electron chi connectivity index (χ0n) is 15.4. The molecule has 2 nitrogen and oxygen atoms in total. The summed E-state index contributed by atoms with van der Waals surface area (Å²) in [7, 11) is 0. The Morgan fingerprint density at radius 3 is 2.14 bits per heavy atom. The number of nitrogens with zero attached hydrogens (tertiary/aromatic N) is 1. The minimum atomic E-state index is 0.533. The Balaban J connectivity index is 2.61. The lowest BCUT2D eigenvalue weighted by Crippen LogP contribution is -2.47. The van der Waals surface area contributed by atoms with Crippen LogP contribution in [0.4, 0.5) is 0 Å². The third-order valence-electron chi connectivity index (χ3n) is 5.03. The molecule has 0 amide bonds. The molecule has 0 aromatic carbocycles. The Labute approximate surface area is 134 Å². The van der Waals surface area contributed by atoms with Crippen LogP contribution in [0.3, 0.4) is 0 Å². The monoisotopic (exact) mass is 296 g/mol. The average molecular weight is 297 g/mol. The molecule has 0 heterocycles. The van der Waals surface area contributed by atoms with Gasteiger partial charge in [-0.2, -0.15) is 0 Å². The molecule has 0 bridgehead atoms. The van der Waals surface area contributed by atoms with Crippen LogP contribution in [-0.4, -0.2) is 37.6 Å². The normalized spacial score (nSPS) is 26.7. The van der Waals surface area contributed by atoms with Crippen LogP contribution in [0.15, 0.2) is 0 Å². The smallest absolute Gasteiger partial charge is 0.00501 e. The Morgan fingerprint density at radius 1 is 1.10 bits per heavy atom. The lowest BCUT2D eigenvalue weighted by molar-refractivity contribution is 0.0854. The van der Waals surface area contributed by atoms with Crippen molar-refractivity contribution in [1.82, 2.24) is 10.2 Å². The van der Waals surface area contributed by atoms with Gasteiger partial charge in [-0.15, -0.1) is 0 Å². The Kier molecular flexibility index (Phi) is 8.89. The van der Waals surface area contributed by atoms with Crippen molar-refractivity contribution in [2.24, 2.45) is 17.3 Å². The van der Waals surface area contributed by atoms with E-state index in [0.29, 0.717) is 5.41 Å². The van der Waals surface area contributed by atoms with Gasteiger partial charge in [0.25, 0.3) is 0 Å². The molecule has 1 fully saturated rings. The fraction of sp³-hybridized carbons (Fsp3) is 1.00. The summed E-state index contributed by atoms with van der Waals surface area (Å²) in [4.78, 5) is 2.73. The van der Waals surface area contributed by atoms with E-state index >= 15 is 0 Å². The van der Waals surface area contributed by atoms with Crippen molar-refractivity contribution in [3.8, 4) is 0 Å². The summed E-state index contributed by atoms with van der Waals surface area (Å²) in [5.41, 5.74) is 0.533. The highest BCUT2D eigenvalue weighted by Crippen LogP contribution is 2.39. The lowest BCUT2D eigenvalue weighted by Gasteiger charge is -2.43. The second-order valence-electron chi connectivity index (χ2n) is 7.98. The van der Waals surface area contributed by atoms with Crippen LogP contribution in [0.1, 0.15) is 73.1 Å². The molecule has 1 aliphatic rings. The molecule has 0 aliphatic heterocycles. The maximum Gasteiger partial charge on any atom is 0.00501 e. The fourth-order valence-corrected chi connectivity index (χ4v) is 3.77. The zero-order valence-corrected chi connectivity index (χ0v) is 15.4. The van der Waals surface area contributed by atoms with Gasteiger partial charge in [-0.3, -0.25) is 0 Å². The van der Waals surface area contributed by atoms with Crippen LogP contribution < -0.4 is 5.32 Å². The van der Waals surface area contributed by atoms with E-state index in [1.165, 1.54) is 71.2 Å². The van der Waals surface area contributed by atoms with Crippen LogP contribution in [0.2, 0.25) is 0 Å². The van der Waals surface area contributed by atoms with Gasteiger partial charge in [-0.25, -0.2) is 0 Å². The Hall–Kier alpha value is -0.0800. The molecular weight excluding hydrogens is 256 g/mol. The average Bonchev–Trinajstić information content (AvgIpc) is 2.42. The van der Waals surface area contributed by atoms with Crippen molar-refractivity contribution < 1.29 is 0 Å². The zero-order chi connectivity index (χ0) is 15.7. The van der Waals surface area contributed by atoms with Crippen molar-refractivity contribution in [2.45, 2.75) is 73.1 Å². The van der Waals surface area contributed by atoms with Gasteiger partial charge in [-0.05, 0) is 62.6 Å².